The first-order valence-electron chi connectivity index (χ1n) is 12.2. The van der Waals surface area contributed by atoms with Crippen LogP contribution < -0.4 is 0 Å². The van der Waals surface area contributed by atoms with E-state index in [9.17, 15) is 9.59 Å². The fourth-order valence-corrected chi connectivity index (χ4v) is 5.30. The summed E-state index contributed by atoms with van der Waals surface area (Å²) < 4.78 is 11.5. The number of nitrogens with zero attached hydrogens (tertiary/aromatic N) is 2. The van der Waals surface area contributed by atoms with Crippen molar-refractivity contribution < 1.29 is 18.7 Å². The van der Waals surface area contributed by atoms with Crippen LogP contribution in [0.1, 0.15) is 35.7 Å². The Morgan fingerprint density at radius 3 is 2.56 bits per heavy atom. The molecule has 2 fully saturated rings. The molecule has 2 aromatic carbocycles. The highest BCUT2D eigenvalue weighted by Crippen LogP contribution is 2.34. The first-order chi connectivity index (χ1) is 16.5. The predicted molar refractivity (Wildman–Crippen MR) is 130 cm³/mol. The Labute approximate surface area is 200 Å². The van der Waals surface area contributed by atoms with Crippen LogP contribution in [0.25, 0.3) is 11.0 Å². The van der Waals surface area contributed by atoms with Crippen molar-refractivity contribution in [3.05, 3.63) is 72.0 Å². The molecule has 2 aliphatic rings. The minimum absolute atomic E-state index is 0.0479. The van der Waals surface area contributed by atoms with Gasteiger partial charge in [0.25, 0.3) is 5.91 Å². The van der Waals surface area contributed by atoms with Crippen molar-refractivity contribution in [2.75, 3.05) is 39.4 Å². The number of hydrogen-bond donors (Lipinski definition) is 0. The third-order valence-corrected chi connectivity index (χ3v) is 7.41. The van der Waals surface area contributed by atoms with Crippen molar-refractivity contribution >= 4 is 22.8 Å². The van der Waals surface area contributed by atoms with E-state index in [2.05, 4.69) is 13.0 Å². The SMILES string of the molecule is CC1(C(=O)N2CCOCC(Cc3cccc4occc34)C2)CCN(C(=O)c2ccccc2)CC1. The molecule has 0 aliphatic carbocycles. The first kappa shape index (κ1) is 22.7. The lowest BCUT2D eigenvalue weighted by Gasteiger charge is -2.41. The fraction of sp³-hybridized carbons (Fsp3) is 0.429. The molecule has 0 spiro atoms. The van der Waals surface area contributed by atoms with Gasteiger partial charge in [-0.25, -0.2) is 0 Å². The molecule has 1 aromatic heterocycles. The minimum Gasteiger partial charge on any atom is -0.464 e. The largest absolute Gasteiger partial charge is 0.464 e. The van der Waals surface area contributed by atoms with E-state index >= 15 is 0 Å². The average molecular weight is 461 g/mol. The van der Waals surface area contributed by atoms with Crippen LogP contribution >= 0.6 is 0 Å². The number of ether oxygens (including phenoxy) is 1. The third-order valence-electron chi connectivity index (χ3n) is 7.41. The van der Waals surface area contributed by atoms with Crippen molar-refractivity contribution in [2.24, 2.45) is 11.3 Å². The maximum absolute atomic E-state index is 13.7. The molecule has 1 atom stereocenters. The summed E-state index contributed by atoms with van der Waals surface area (Å²) in [6, 6.07) is 17.5. The highest BCUT2D eigenvalue weighted by Gasteiger charge is 2.41. The molecule has 0 bridgehead atoms. The number of benzene rings is 2. The summed E-state index contributed by atoms with van der Waals surface area (Å²) in [6.07, 6.45) is 3.93. The molecular weight excluding hydrogens is 428 g/mol. The number of carbonyl (C=O) groups is 2. The van der Waals surface area contributed by atoms with Gasteiger partial charge >= 0.3 is 0 Å². The summed E-state index contributed by atoms with van der Waals surface area (Å²) in [4.78, 5) is 30.4. The Morgan fingerprint density at radius 1 is 0.971 bits per heavy atom. The number of furan rings is 1. The zero-order chi connectivity index (χ0) is 23.5. The highest BCUT2D eigenvalue weighted by atomic mass is 16.5. The van der Waals surface area contributed by atoms with Gasteiger partial charge in [-0.1, -0.05) is 37.3 Å². The van der Waals surface area contributed by atoms with Crippen LogP contribution in [0.4, 0.5) is 0 Å². The molecule has 0 radical (unpaired) electrons. The molecule has 6 nitrogen and oxygen atoms in total. The number of fused-ring (bicyclic) bond motifs is 1. The summed E-state index contributed by atoms with van der Waals surface area (Å²) in [5.41, 5.74) is 2.38. The van der Waals surface area contributed by atoms with E-state index < -0.39 is 5.41 Å². The van der Waals surface area contributed by atoms with E-state index in [4.69, 9.17) is 9.15 Å². The molecule has 2 aliphatic heterocycles. The number of likely N-dealkylation sites (tertiary alicyclic amines) is 1. The smallest absolute Gasteiger partial charge is 0.253 e. The molecule has 34 heavy (non-hydrogen) atoms. The number of rotatable bonds is 4. The van der Waals surface area contributed by atoms with E-state index in [1.807, 2.05) is 58.3 Å². The monoisotopic (exact) mass is 460 g/mol. The summed E-state index contributed by atoms with van der Waals surface area (Å²) >= 11 is 0. The Balaban J connectivity index is 1.23. The lowest BCUT2D eigenvalue weighted by molar-refractivity contribution is -0.144. The Morgan fingerprint density at radius 2 is 1.76 bits per heavy atom. The van der Waals surface area contributed by atoms with Gasteiger partial charge in [0.1, 0.15) is 5.58 Å². The lowest BCUT2D eigenvalue weighted by atomic mass is 9.78. The number of amides is 2. The fourth-order valence-electron chi connectivity index (χ4n) is 5.30. The molecule has 1 unspecified atom stereocenters. The first-order valence-corrected chi connectivity index (χ1v) is 12.2. The van der Waals surface area contributed by atoms with Crippen molar-refractivity contribution in [2.45, 2.75) is 26.2 Å². The van der Waals surface area contributed by atoms with Crippen molar-refractivity contribution in [3.8, 4) is 0 Å². The Kier molecular flexibility index (Phi) is 6.42. The second-order valence-electron chi connectivity index (χ2n) is 9.86. The van der Waals surface area contributed by atoms with Crippen LogP contribution in [-0.4, -0.2) is 61.0 Å². The van der Waals surface area contributed by atoms with Crippen molar-refractivity contribution in [3.63, 3.8) is 0 Å². The average Bonchev–Trinajstić information content (AvgIpc) is 3.24. The summed E-state index contributed by atoms with van der Waals surface area (Å²) in [5, 5.41) is 1.13. The van der Waals surface area contributed by atoms with E-state index in [0.29, 0.717) is 57.8 Å². The van der Waals surface area contributed by atoms with Gasteiger partial charge in [-0.2, -0.15) is 0 Å². The van der Waals surface area contributed by atoms with Crippen LogP contribution in [0.5, 0.6) is 0 Å². The number of piperidine rings is 1. The molecule has 5 rings (SSSR count). The lowest BCUT2D eigenvalue weighted by Crippen LogP contribution is -2.51. The molecule has 2 saturated heterocycles. The van der Waals surface area contributed by atoms with Gasteiger partial charge in [-0.05, 0) is 49.1 Å². The predicted octanol–water partition coefficient (Wildman–Crippen LogP) is 4.39. The second-order valence-corrected chi connectivity index (χ2v) is 9.86. The minimum atomic E-state index is -0.451. The van der Waals surface area contributed by atoms with E-state index in [-0.39, 0.29) is 17.7 Å². The third kappa shape index (κ3) is 4.60. The van der Waals surface area contributed by atoms with Gasteiger partial charge in [-0.3, -0.25) is 9.59 Å². The zero-order valence-corrected chi connectivity index (χ0v) is 19.7. The van der Waals surface area contributed by atoms with Crippen molar-refractivity contribution in [1.82, 2.24) is 9.80 Å². The molecular formula is C28H32N2O4. The van der Waals surface area contributed by atoms with E-state index in [1.165, 1.54) is 5.56 Å². The van der Waals surface area contributed by atoms with Gasteiger partial charge in [0.15, 0.2) is 0 Å². The van der Waals surface area contributed by atoms with Gasteiger partial charge in [0.05, 0.1) is 19.5 Å². The molecule has 6 heteroatoms. The van der Waals surface area contributed by atoms with Gasteiger partial charge in [0.2, 0.25) is 5.91 Å². The summed E-state index contributed by atoms with van der Waals surface area (Å²) in [7, 11) is 0. The molecule has 178 valence electrons. The van der Waals surface area contributed by atoms with Crippen LogP contribution in [-0.2, 0) is 16.0 Å². The molecule has 3 heterocycles. The molecule has 0 saturated carbocycles. The van der Waals surface area contributed by atoms with Crippen LogP contribution in [0.15, 0.2) is 65.3 Å². The quantitative estimate of drug-likeness (QED) is 0.579. The van der Waals surface area contributed by atoms with E-state index in [1.54, 1.807) is 6.26 Å². The Bertz CT molecular complexity index is 1150. The molecule has 2 amide bonds. The van der Waals surface area contributed by atoms with E-state index in [0.717, 1.165) is 17.4 Å². The van der Waals surface area contributed by atoms with Gasteiger partial charge in [-0.15, -0.1) is 0 Å². The normalized spacial score (nSPS) is 20.8. The second kappa shape index (κ2) is 9.63. The van der Waals surface area contributed by atoms with Crippen LogP contribution in [0.2, 0.25) is 0 Å². The number of hydrogen-bond acceptors (Lipinski definition) is 4. The van der Waals surface area contributed by atoms with Crippen molar-refractivity contribution in [1.29, 1.82) is 0 Å². The van der Waals surface area contributed by atoms with Crippen LogP contribution in [0, 0.1) is 11.3 Å². The molecule has 3 aromatic rings. The standard InChI is InChI=1S/C28H32N2O4/c1-28(11-13-29(14-12-28)26(31)22-6-3-2-4-7-22)27(32)30-15-17-33-20-21(19-30)18-23-8-5-9-25-24(23)10-16-34-25/h2-10,16,21H,11-15,17-20H2,1H3. The number of carbonyl (C=O) groups excluding carboxylic acids is 2. The van der Waals surface area contributed by atoms with Gasteiger partial charge in [0, 0.05) is 48.5 Å². The Hall–Kier alpha value is -3.12. The maximum atomic E-state index is 13.7. The highest BCUT2D eigenvalue weighted by molar-refractivity contribution is 5.94. The molecule has 0 N–H and O–H groups in total. The summed E-state index contributed by atoms with van der Waals surface area (Å²) in [5.74, 6) is 0.471. The zero-order valence-electron chi connectivity index (χ0n) is 19.7. The maximum Gasteiger partial charge on any atom is 0.253 e. The van der Waals surface area contributed by atoms with Crippen LogP contribution in [0.3, 0.4) is 0 Å². The van der Waals surface area contributed by atoms with Gasteiger partial charge < -0.3 is 19.0 Å². The topological polar surface area (TPSA) is 63.0 Å². The summed E-state index contributed by atoms with van der Waals surface area (Å²) in [6.45, 7) is 5.79.